The van der Waals surface area contributed by atoms with Gasteiger partial charge in [0.25, 0.3) is 0 Å². The van der Waals surface area contributed by atoms with Gasteiger partial charge in [-0.1, -0.05) is 48.8 Å². The van der Waals surface area contributed by atoms with Gasteiger partial charge in [-0.15, -0.1) is 0 Å². The van der Waals surface area contributed by atoms with E-state index in [-0.39, 0.29) is 10.9 Å². The molecule has 0 radical (unpaired) electrons. The maximum atomic E-state index is 12.0. The molecule has 1 aromatic carbocycles. The van der Waals surface area contributed by atoms with Crippen molar-refractivity contribution in [3.8, 4) is 0 Å². The van der Waals surface area contributed by atoms with Gasteiger partial charge >= 0.3 is 0 Å². The third-order valence-corrected chi connectivity index (χ3v) is 3.45. The van der Waals surface area contributed by atoms with Crippen LogP contribution in [0.15, 0.2) is 18.2 Å². The lowest BCUT2D eigenvalue weighted by Gasteiger charge is -2.14. The van der Waals surface area contributed by atoms with Gasteiger partial charge in [-0.05, 0) is 24.6 Å². The standard InChI is InChI=1S/C12H14Cl2N2OS/c1-2-3-8(11(15)18)12(17)16-7-4-5-9(13)10(14)6-7/h4-6,8H,2-3H2,1H3,(H2,15,18)(H,16,17). The molecule has 3 N–H and O–H groups in total. The van der Waals surface area contributed by atoms with E-state index < -0.39 is 5.92 Å². The van der Waals surface area contributed by atoms with E-state index in [0.717, 1.165) is 6.42 Å². The lowest BCUT2D eigenvalue weighted by molar-refractivity contribution is -0.118. The molecule has 1 aromatic rings. The average Bonchev–Trinajstić information content (AvgIpc) is 2.30. The molecule has 1 rings (SSSR count). The van der Waals surface area contributed by atoms with Crippen molar-refractivity contribution < 1.29 is 4.79 Å². The van der Waals surface area contributed by atoms with Crippen molar-refractivity contribution in [2.24, 2.45) is 11.7 Å². The minimum Gasteiger partial charge on any atom is -0.393 e. The monoisotopic (exact) mass is 304 g/mol. The molecule has 6 heteroatoms. The second kappa shape index (κ2) is 6.92. The summed E-state index contributed by atoms with van der Waals surface area (Å²) in [5, 5.41) is 3.55. The molecule has 0 aliphatic heterocycles. The molecule has 0 spiro atoms. The lowest BCUT2D eigenvalue weighted by atomic mass is 10.0. The van der Waals surface area contributed by atoms with Crippen LogP contribution in [0, 0.1) is 5.92 Å². The first-order chi connectivity index (χ1) is 8.45. The van der Waals surface area contributed by atoms with Crippen LogP contribution in [-0.2, 0) is 4.79 Å². The van der Waals surface area contributed by atoms with Crippen LogP contribution in [0.5, 0.6) is 0 Å². The van der Waals surface area contributed by atoms with Crippen LogP contribution < -0.4 is 11.1 Å². The summed E-state index contributed by atoms with van der Waals surface area (Å²) in [7, 11) is 0. The highest BCUT2D eigenvalue weighted by Gasteiger charge is 2.20. The number of benzene rings is 1. The van der Waals surface area contributed by atoms with Gasteiger partial charge in [-0.25, -0.2) is 0 Å². The van der Waals surface area contributed by atoms with Crippen molar-refractivity contribution in [1.29, 1.82) is 0 Å². The van der Waals surface area contributed by atoms with Crippen molar-refractivity contribution in [3.63, 3.8) is 0 Å². The van der Waals surface area contributed by atoms with E-state index in [1.807, 2.05) is 6.92 Å². The van der Waals surface area contributed by atoms with E-state index in [4.69, 9.17) is 41.2 Å². The Kier molecular flexibility index (Phi) is 5.85. The highest BCUT2D eigenvalue weighted by Crippen LogP contribution is 2.25. The topological polar surface area (TPSA) is 55.1 Å². The first-order valence-electron chi connectivity index (χ1n) is 5.51. The summed E-state index contributed by atoms with van der Waals surface area (Å²) >= 11 is 16.6. The first kappa shape index (κ1) is 15.2. The molecule has 0 aliphatic carbocycles. The number of carbonyl (C=O) groups is 1. The molecule has 1 atom stereocenters. The van der Waals surface area contributed by atoms with Crippen LogP contribution in [-0.4, -0.2) is 10.9 Å². The largest absolute Gasteiger partial charge is 0.393 e. The molecule has 0 fully saturated rings. The molecule has 0 bridgehead atoms. The Bertz CT molecular complexity index is 465. The van der Waals surface area contributed by atoms with Crippen LogP contribution in [0.1, 0.15) is 19.8 Å². The van der Waals surface area contributed by atoms with Crippen LogP contribution in [0.3, 0.4) is 0 Å². The summed E-state index contributed by atoms with van der Waals surface area (Å²) in [6, 6.07) is 4.88. The van der Waals surface area contributed by atoms with Crippen LogP contribution in [0.25, 0.3) is 0 Å². The number of halogens is 2. The van der Waals surface area contributed by atoms with E-state index in [1.165, 1.54) is 0 Å². The number of rotatable bonds is 5. The number of carbonyl (C=O) groups excluding carboxylic acids is 1. The molecule has 0 heterocycles. The fraction of sp³-hybridized carbons (Fsp3) is 0.333. The fourth-order valence-electron chi connectivity index (χ4n) is 1.49. The Balaban J connectivity index is 2.79. The molecule has 0 aromatic heterocycles. The Hall–Kier alpha value is -0.840. The maximum absolute atomic E-state index is 12.0. The van der Waals surface area contributed by atoms with Gasteiger partial charge in [0.1, 0.15) is 0 Å². The Morgan fingerprint density at radius 3 is 2.61 bits per heavy atom. The normalized spacial score (nSPS) is 11.9. The maximum Gasteiger partial charge on any atom is 0.234 e. The molecule has 1 amide bonds. The SMILES string of the molecule is CCCC(C(=O)Nc1ccc(Cl)c(Cl)c1)C(N)=S. The average molecular weight is 305 g/mol. The zero-order valence-electron chi connectivity index (χ0n) is 9.87. The molecular weight excluding hydrogens is 291 g/mol. The molecule has 98 valence electrons. The third kappa shape index (κ3) is 4.12. The molecule has 1 unspecified atom stereocenters. The summed E-state index contributed by atoms with van der Waals surface area (Å²) in [6.07, 6.45) is 1.46. The number of hydrogen-bond donors (Lipinski definition) is 2. The highest BCUT2D eigenvalue weighted by atomic mass is 35.5. The zero-order valence-corrected chi connectivity index (χ0v) is 12.2. The second-order valence-electron chi connectivity index (χ2n) is 3.86. The number of nitrogens with two attached hydrogens (primary N) is 1. The van der Waals surface area contributed by atoms with Crippen LogP contribution in [0.2, 0.25) is 10.0 Å². The van der Waals surface area contributed by atoms with Gasteiger partial charge < -0.3 is 11.1 Å². The van der Waals surface area contributed by atoms with Gasteiger partial charge in [-0.2, -0.15) is 0 Å². The van der Waals surface area contributed by atoms with E-state index in [0.29, 0.717) is 22.2 Å². The van der Waals surface area contributed by atoms with Gasteiger partial charge in [0.05, 0.1) is 21.0 Å². The summed E-state index contributed by atoms with van der Waals surface area (Å²) in [5.41, 5.74) is 6.13. The quantitative estimate of drug-likeness (QED) is 0.817. The van der Waals surface area contributed by atoms with Gasteiger partial charge in [-0.3, -0.25) is 4.79 Å². The molecule has 0 aliphatic rings. The van der Waals surface area contributed by atoms with Crippen molar-refractivity contribution >= 4 is 52.0 Å². The summed E-state index contributed by atoms with van der Waals surface area (Å²) < 4.78 is 0. The Morgan fingerprint density at radius 2 is 2.11 bits per heavy atom. The summed E-state index contributed by atoms with van der Waals surface area (Å²) in [4.78, 5) is 12.2. The molecule has 3 nitrogen and oxygen atoms in total. The van der Waals surface area contributed by atoms with E-state index in [1.54, 1.807) is 18.2 Å². The van der Waals surface area contributed by atoms with E-state index in [2.05, 4.69) is 5.32 Å². The van der Waals surface area contributed by atoms with E-state index in [9.17, 15) is 4.79 Å². The summed E-state index contributed by atoms with van der Waals surface area (Å²) in [6.45, 7) is 1.97. The Labute approximate surface area is 122 Å². The third-order valence-electron chi connectivity index (χ3n) is 2.42. The van der Waals surface area contributed by atoms with Crippen molar-refractivity contribution in [1.82, 2.24) is 0 Å². The minimum absolute atomic E-state index is 0.203. The van der Waals surface area contributed by atoms with Gasteiger partial charge in [0.2, 0.25) is 5.91 Å². The number of hydrogen-bond acceptors (Lipinski definition) is 2. The van der Waals surface area contributed by atoms with E-state index >= 15 is 0 Å². The molecule has 0 saturated carbocycles. The number of amides is 1. The van der Waals surface area contributed by atoms with Crippen LogP contribution in [0.4, 0.5) is 5.69 Å². The number of anilines is 1. The highest BCUT2D eigenvalue weighted by molar-refractivity contribution is 7.80. The molecular formula is C12H14Cl2N2OS. The smallest absolute Gasteiger partial charge is 0.234 e. The molecule has 0 saturated heterocycles. The van der Waals surface area contributed by atoms with Gasteiger partial charge in [0, 0.05) is 5.69 Å². The number of nitrogens with one attached hydrogen (secondary N) is 1. The molecule has 18 heavy (non-hydrogen) atoms. The van der Waals surface area contributed by atoms with Crippen molar-refractivity contribution in [3.05, 3.63) is 28.2 Å². The predicted octanol–water partition coefficient (Wildman–Crippen LogP) is 3.63. The fourth-order valence-corrected chi connectivity index (χ4v) is 2.02. The summed E-state index contributed by atoms with van der Waals surface area (Å²) in [5.74, 6) is -0.679. The first-order valence-corrected chi connectivity index (χ1v) is 6.67. The number of thiocarbonyl (C=S) groups is 1. The Morgan fingerprint density at radius 1 is 1.44 bits per heavy atom. The second-order valence-corrected chi connectivity index (χ2v) is 5.15. The lowest BCUT2D eigenvalue weighted by Crippen LogP contribution is -2.33. The van der Waals surface area contributed by atoms with Crippen molar-refractivity contribution in [2.45, 2.75) is 19.8 Å². The van der Waals surface area contributed by atoms with Gasteiger partial charge in [0.15, 0.2) is 0 Å². The van der Waals surface area contributed by atoms with Crippen LogP contribution >= 0.6 is 35.4 Å². The zero-order chi connectivity index (χ0) is 13.7. The minimum atomic E-state index is -0.459. The van der Waals surface area contributed by atoms with Crippen molar-refractivity contribution in [2.75, 3.05) is 5.32 Å². The predicted molar refractivity (Wildman–Crippen MR) is 80.3 cm³/mol.